The molecule has 0 aromatic rings. The van der Waals surface area contributed by atoms with Gasteiger partial charge < -0.3 is 10.5 Å². The van der Waals surface area contributed by atoms with E-state index in [1.54, 1.807) is 0 Å². The minimum atomic E-state index is -2.24. The Morgan fingerprint density at radius 3 is 1.80 bits per heavy atom. The van der Waals surface area contributed by atoms with Crippen molar-refractivity contribution in [2.75, 3.05) is 6.61 Å². The monoisotopic (exact) mass is 212 g/mol. The largest absolute Gasteiger partial charge is 0.443 e. The van der Waals surface area contributed by atoms with E-state index in [-0.39, 0.29) is 0 Å². The predicted molar refractivity (Wildman–Crippen MR) is 42.6 cm³/mol. The van der Waals surface area contributed by atoms with Crippen LogP contribution in [0.25, 0.3) is 0 Å². The molecule has 0 rings (SSSR count). The van der Waals surface area contributed by atoms with Crippen molar-refractivity contribution in [3.8, 4) is 0 Å². The number of ether oxygens (including phenoxy) is 1. The van der Waals surface area contributed by atoms with E-state index in [0.717, 1.165) is 18.2 Å². The Bertz CT molecular complexity index is 341. The molecule has 0 aromatic heterocycles. The van der Waals surface area contributed by atoms with Gasteiger partial charge in [0, 0.05) is 0 Å². The third kappa shape index (κ3) is 4.25. The third-order valence-corrected chi connectivity index (χ3v) is 1.08. The van der Waals surface area contributed by atoms with Crippen molar-refractivity contribution in [1.29, 1.82) is 0 Å². The number of hydrogen-bond acceptors (Lipinski definition) is 8. The van der Waals surface area contributed by atoms with Gasteiger partial charge in [-0.3, -0.25) is 0 Å². The molecule has 0 unspecified atom stereocenters. The molecule has 0 spiro atoms. The summed E-state index contributed by atoms with van der Waals surface area (Å²) in [6, 6.07) is 0. The first-order valence-electron chi connectivity index (χ1n) is 3.29. The lowest BCUT2D eigenvalue weighted by Crippen LogP contribution is -2.31. The van der Waals surface area contributed by atoms with Crippen molar-refractivity contribution in [1.82, 2.24) is 0 Å². The lowest BCUT2D eigenvalue weighted by molar-refractivity contribution is 0.130. The minimum Gasteiger partial charge on any atom is -0.443 e. The predicted octanol–water partition coefficient (Wildman–Crippen LogP) is -1.26. The summed E-state index contributed by atoms with van der Waals surface area (Å²) in [6.45, 7) is -0.804. The zero-order chi connectivity index (χ0) is 11.7. The quantitative estimate of drug-likeness (QED) is 0.447. The van der Waals surface area contributed by atoms with Crippen LogP contribution in [0.3, 0.4) is 0 Å². The van der Waals surface area contributed by atoms with Gasteiger partial charge in [0.05, 0.1) is 0 Å². The molecule has 1 amide bonds. The highest BCUT2D eigenvalue weighted by molar-refractivity contribution is 5.64. The molecular weight excluding hydrogens is 208 g/mol. The van der Waals surface area contributed by atoms with Crippen LogP contribution in [0.4, 0.5) is 4.79 Å². The zero-order valence-electron chi connectivity index (χ0n) is 7.17. The fourth-order valence-corrected chi connectivity index (χ4v) is 0.559. The Balaban J connectivity index is 5.10. The van der Waals surface area contributed by atoms with Gasteiger partial charge in [-0.1, -0.05) is 0 Å². The first-order valence-corrected chi connectivity index (χ1v) is 3.29. The van der Waals surface area contributed by atoms with E-state index in [0.29, 0.717) is 0 Å². The van der Waals surface area contributed by atoms with E-state index in [1.165, 1.54) is 0 Å². The zero-order valence-corrected chi connectivity index (χ0v) is 7.17. The molecule has 9 heteroatoms. The summed E-state index contributed by atoms with van der Waals surface area (Å²) in [6.07, 6.45) is 1.78. The maximum Gasteiger partial charge on any atom is 0.404 e. The number of amides is 1. The van der Waals surface area contributed by atoms with Gasteiger partial charge in [0.25, 0.3) is 0 Å². The summed E-state index contributed by atoms with van der Waals surface area (Å²) in [4.78, 5) is 48.9. The van der Waals surface area contributed by atoms with E-state index >= 15 is 0 Å². The van der Waals surface area contributed by atoms with Gasteiger partial charge in [-0.05, 0) is 0 Å². The molecule has 0 heterocycles. The van der Waals surface area contributed by atoms with Crippen LogP contribution in [0.1, 0.15) is 0 Å². The van der Waals surface area contributed by atoms with Crippen LogP contribution in [0, 0.1) is 0 Å². The van der Waals surface area contributed by atoms with Crippen molar-refractivity contribution in [2.45, 2.75) is 5.79 Å². The molecule has 0 atom stereocenters. The average molecular weight is 212 g/mol. The Morgan fingerprint density at radius 1 is 1.13 bits per heavy atom. The fraction of sp³-hybridized carbons (Fsp3) is 0.333. The molecule has 15 heavy (non-hydrogen) atoms. The fourth-order valence-electron chi connectivity index (χ4n) is 0.559. The molecule has 2 N–H and O–H groups in total. The average Bonchev–Trinajstić information content (AvgIpc) is 2.16. The van der Waals surface area contributed by atoms with Gasteiger partial charge in [0.15, 0.2) is 6.61 Å². The van der Waals surface area contributed by atoms with Crippen molar-refractivity contribution >= 4 is 24.3 Å². The van der Waals surface area contributed by atoms with E-state index in [2.05, 4.69) is 25.4 Å². The van der Waals surface area contributed by atoms with Crippen LogP contribution in [0.2, 0.25) is 0 Å². The van der Waals surface area contributed by atoms with Crippen LogP contribution in [-0.4, -0.2) is 36.7 Å². The number of carbonyl (C=O) groups is 1. The Hall–Kier alpha value is -2.59. The van der Waals surface area contributed by atoms with Gasteiger partial charge in [-0.25, -0.2) is 19.2 Å². The maximum atomic E-state index is 10.2. The molecule has 0 bridgehead atoms. The number of aliphatic imine (C=N–C) groups is 3. The van der Waals surface area contributed by atoms with Crippen LogP contribution in [-0.2, 0) is 19.1 Å². The van der Waals surface area contributed by atoms with E-state index < -0.39 is 18.5 Å². The second-order valence-electron chi connectivity index (χ2n) is 1.99. The summed E-state index contributed by atoms with van der Waals surface area (Å²) >= 11 is 0. The molecule has 0 radical (unpaired) electrons. The molecule has 0 fully saturated rings. The lowest BCUT2D eigenvalue weighted by atomic mass is 10.4. The number of isocyanates is 3. The van der Waals surface area contributed by atoms with Gasteiger partial charge in [0.1, 0.15) is 0 Å². The summed E-state index contributed by atoms with van der Waals surface area (Å²) in [5.41, 5.74) is 4.61. The summed E-state index contributed by atoms with van der Waals surface area (Å²) in [5, 5.41) is 0. The first-order chi connectivity index (χ1) is 7.10. The van der Waals surface area contributed by atoms with Crippen molar-refractivity contribution in [3.63, 3.8) is 0 Å². The molecule has 0 saturated carbocycles. The van der Waals surface area contributed by atoms with Crippen molar-refractivity contribution in [2.24, 2.45) is 20.7 Å². The van der Waals surface area contributed by atoms with Gasteiger partial charge in [-0.2, -0.15) is 0 Å². The molecule has 0 aliphatic carbocycles. The molecule has 78 valence electrons. The summed E-state index contributed by atoms with van der Waals surface area (Å²) in [5.74, 6) is -2.24. The highest BCUT2D eigenvalue weighted by Crippen LogP contribution is 2.13. The van der Waals surface area contributed by atoms with Crippen LogP contribution >= 0.6 is 0 Å². The standard InChI is InChI=1S/C6H4N4O5/c7-5(14)15-1-6(8-2-11,9-3-12)10-4-13/h1H2,(H2,7,14). The van der Waals surface area contributed by atoms with Gasteiger partial charge in [-0.15, -0.1) is 15.0 Å². The van der Waals surface area contributed by atoms with E-state index in [4.69, 9.17) is 0 Å². The number of nitrogens with two attached hydrogens (primary N) is 1. The van der Waals surface area contributed by atoms with E-state index in [9.17, 15) is 19.2 Å². The molecular formula is C6H4N4O5. The first kappa shape index (κ1) is 12.4. The Morgan fingerprint density at radius 2 is 1.53 bits per heavy atom. The Labute approximate surface area is 82.3 Å². The van der Waals surface area contributed by atoms with Crippen LogP contribution in [0.5, 0.6) is 0 Å². The van der Waals surface area contributed by atoms with Crippen molar-refractivity contribution in [3.05, 3.63) is 0 Å². The van der Waals surface area contributed by atoms with Crippen molar-refractivity contribution < 1.29 is 23.9 Å². The number of hydrogen-bond donors (Lipinski definition) is 1. The Kier molecular flexibility index (Phi) is 4.93. The third-order valence-electron chi connectivity index (χ3n) is 1.08. The lowest BCUT2D eigenvalue weighted by Gasteiger charge is -2.13. The van der Waals surface area contributed by atoms with Gasteiger partial charge >= 0.3 is 11.9 Å². The number of primary amides is 1. The molecule has 0 aliphatic rings. The molecule has 0 aromatic carbocycles. The molecule has 0 saturated heterocycles. The highest BCUT2D eigenvalue weighted by Gasteiger charge is 2.31. The molecule has 0 aliphatic heterocycles. The molecule has 9 nitrogen and oxygen atoms in total. The maximum absolute atomic E-state index is 10.2. The smallest absolute Gasteiger partial charge is 0.404 e. The minimum absolute atomic E-state index is 0.804. The second kappa shape index (κ2) is 5.95. The second-order valence-corrected chi connectivity index (χ2v) is 1.99. The van der Waals surface area contributed by atoms with E-state index in [1.807, 2.05) is 0 Å². The highest BCUT2D eigenvalue weighted by atomic mass is 16.5. The summed E-state index contributed by atoms with van der Waals surface area (Å²) < 4.78 is 4.19. The number of carbonyl (C=O) groups excluding carboxylic acids is 4. The van der Waals surface area contributed by atoms with Gasteiger partial charge in [0.2, 0.25) is 18.2 Å². The van der Waals surface area contributed by atoms with Crippen LogP contribution in [0.15, 0.2) is 15.0 Å². The topological polar surface area (TPSA) is 141 Å². The normalized spacial score (nSPS) is 12.0. The number of nitrogens with zero attached hydrogens (tertiary/aromatic N) is 3. The SMILES string of the molecule is NC(=O)OCC(N=C=O)(N=C=O)N=C=O. The summed E-state index contributed by atoms with van der Waals surface area (Å²) in [7, 11) is 0. The van der Waals surface area contributed by atoms with Crippen LogP contribution < -0.4 is 5.73 Å². The number of rotatable bonds is 5.